The first-order valence-corrected chi connectivity index (χ1v) is 7.32. The molecule has 1 atom stereocenters. The summed E-state index contributed by atoms with van der Waals surface area (Å²) in [6, 6.07) is 7.85. The maximum absolute atomic E-state index is 11.7. The van der Waals surface area contributed by atoms with E-state index in [1.807, 2.05) is 36.7 Å². The Morgan fingerprint density at radius 2 is 2.10 bits per heavy atom. The summed E-state index contributed by atoms with van der Waals surface area (Å²) in [5, 5.41) is 10.6. The number of nitrogens with one attached hydrogen (secondary N) is 3. The van der Waals surface area contributed by atoms with Gasteiger partial charge in [-0.25, -0.2) is 9.78 Å². The van der Waals surface area contributed by atoms with Crippen LogP contribution in [0.3, 0.4) is 0 Å². The van der Waals surface area contributed by atoms with Crippen molar-refractivity contribution in [1.82, 2.24) is 15.6 Å². The molecule has 1 aromatic heterocycles. The van der Waals surface area contributed by atoms with Crippen molar-refractivity contribution in [3.8, 4) is 0 Å². The minimum absolute atomic E-state index is 0.229. The molecule has 1 unspecified atom stereocenters. The summed E-state index contributed by atoms with van der Waals surface area (Å²) in [4.78, 5) is 15.8. The maximum Gasteiger partial charge on any atom is 0.319 e. The van der Waals surface area contributed by atoms with Crippen molar-refractivity contribution in [3.05, 3.63) is 46.4 Å². The third kappa shape index (κ3) is 4.04. The molecule has 0 spiro atoms. The van der Waals surface area contributed by atoms with Gasteiger partial charge >= 0.3 is 6.03 Å². The normalized spacial score (nSPS) is 11.9. The van der Waals surface area contributed by atoms with E-state index in [2.05, 4.69) is 27.9 Å². The van der Waals surface area contributed by atoms with Gasteiger partial charge in [-0.2, -0.15) is 0 Å². The fourth-order valence-corrected chi connectivity index (χ4v) is 2.25. The van der Waals surface area contributed by atoms with Crippen LogP contribution >= 0.6 is 11.3 Å². The van der Waals surface area contributed by atoms with Crippen molar-refractivity contribution in [3.63, 3.8) is 0 Å². The zero-order valence-electron chi connectivity index (χ0n) is 11.5. The second kappa shape index (κ2) is 7.02. The van der Waals surface area contributed by atoms with Crippen LogP contribution in [0.5, 0.6) is 0 Å². The van der Waals surface area contributed by atoms with E-state index in [-0.39, 0.29) is 6.03 Å². The molecule has 0 bridgehead atoms. The topological polar surface area (TPSA) is 66.0 Å². The Morgan fingerprint density at radius 1 is 1.35 bits per heavy atom. The van der Waals surface area contributed by atoms with Crippen molar-refractivity contribution in [1.29, 1.82) is 0 Å². The number of benzene rings is 1. The molecule has 0 aliphatic heterocycles. The van der Waals surface area contributed by atoms with Gasteiger partial charge in [0.15, 0.2) is 0 Å². The average molecular weight is 290 g/mol. The molecule has 0 saturated heterocycles. The number of thiazole rings is 1. The molecule has 0 aliphatic rings. The van der Waals surface area contributed by atoms with Crippen LogP contribution in [0.1, 0.15) is 24.2 Å². The maximum atomic E-state index is 11.7. The predicted octanol–water partition coefficient (Wildman–Crippen LogP) is 2.75. The Hall–Kier alpha value is -1.92. The van der Waals surface area contributed by atoms with Crippen molar-refractivity contribution in [2.45, 2.75) is 19.5 Å². The van der Waals surface area contributed by atoms with Gasteiger partial charge in [-0.3, -0.25) is 0 Å². The molecular weight excluding hydrogens is 272 g/mol. The van der Waals surface area contributed by atoms with E-state index in [9.17, 15) is 4.79 Å². The fraction of sp³-hybridized carbons (Fsp3) is 0.286. The molecule has 5 nitrogen and oxygen atoms in total. The second-order valence-electron chi connectivity index (χ2n) is 4.42. The Morgan fingerprint density at radius 3 is 2.70 bits per heavy atom. The largest absolute Gasteiger partial charge is 0.332 e. The summed E-state index contributed by atoms with van der Waals surface area (Å²) in [5.41, 5.74) is 4.56. The number of urea groups is 1. The van der Waals surface area contributed by atoms with E-state index in [4.69, 9.17) is 0 Å². The number of amides is 2. The number of rotatable bonds is 5. The first-order valence-electron chi connectivity index (χ1n) is 6.38. The molecular formula is C14H18N4OS. The van der Waals surface area contributed by atoms with Crippen LogP contribution in [-0.4, -0.2) is 18.1 Å². The molecule has 3 N–H and O–H groups in total. The first kappa shape index (κ1) is 14.5. The van der Waals surface area contributed by atoms with Crippen LogP contribution in [0.2, 0.25) is 0 Å². The molecule has 2 rings (SSSR count). The van der Waals surface area contributed by atoms with Gasteiger partial charge in [0.2, 0.25) is 0 Å². The lowest BCUT2D eigenvalue weighted by Crippen LogP contribution is -2.28. The minimum Gasteiger partial charge on any atom is -0.332 e. The fourth-order valence-electron chi connectivity index (χ4n) is 1.69. The van der Waals surface area contributed by atoms with E-state index in [0.717, 1.165) is 11.4 Å². The molecule has 2 amide bonds. The number of carbonyl (C=O) groups excluding carboxylic acids is 1. The number of carbonyl (C=O) groups is 1. The highest BCUT2D eigenvalue weighted by molar-refractivity contribution is 7.07. The SMILES string of the molecule is CNC(C)c1ccc(NC(=O)NCc2cscn2)cc1. The molecule has 106 valence electrons. The molecule has 0 saturated carbocycles. The van der Waals surface area contributed by atoms with E-state index in [1.54, 1.807) is 5.51 Å². The average Bonchev–Trinajstić information content (AvgIpc) is 2.98. The van der Waals surface area contributed by atoms with E-state index in [0.29, 0.717) is 12.6 Å². The predicted molar refractivity (Wildman–Crippen MR) is 81.9 cm³/mol. The van der Waals surface area contributed by atoms with E-state index < -0.39 is 0 Å². The van der Waals surface area contributed by atoms with Crippen molar-refractivity contribution < 1.29 is 4.79 Å². The highest BCUT2D eigenvalue weighted by Gasteiger charge is 2.04. The van der Waals surface area contributed by atoms with Gasteiger partial charge in [0.25, 0.3) is 0 Å². The first-order chi connectivity index (χ1) is 9.69. The molecule has 0 aliphatic carbocycles. The zero-order chi connectivity index (χ0) is 14.4. The van der Waals surface area contributed by atoms with Crippen molar-refractivity contribution >= 4 is 23.1 Å². The standard InChI is InChI=1S/C14H18N4OS/c1-10(15-2)11-3-5-12(6-4-11)18-14(19)16-7-13-8-20-9-17-13/h3-6,8-10,15H,7H2,1-2H3,(H2,16,18,19). The molecule has 20 heavy (non-hydrogen) atoms. The van der Waals surface area contributed by atoms with Crippen LogP contribution < -0.4 is 16.0 Å². The number of aromatic nitrogens is 1. The second-order valence-corrected chi connectivity index (χ2v) is 5.14. The highest BCUT2D eigenvalue weighted by atomic mass is 32.1. The van der Waals surface area contributed by atoms with Gasteiger partial charge in [-0.05, 0) is 31.7 Å². The lowest BCUT2D eigenvalue weighted by atomic mass is 10.1. The summed E-state index contributed by atoms with van der Waals surface area (Å²) >= 11 is 1.51. The highest BCUT2D eigenvalue weighted by Crippen LogP contribution is 2.15. The summed E-state index contributed by atoms with van der Waals surface area (Å²) in [5.74, 6) is 0. The van der Waals surface area contributed by atoms with E-state index in [1.165, 1.54) is 16.9 Å². The third-order valence-electron chi connectivity index (χ3n) is 3.02. The Labute approximate surface area is 122 Å². The van der Waals surface area contributed by atoms with Crippen LogP contribution in [0.25, 0.3) is 0 Å². The summed E-state index contributed by atoms with van der Waals surface area (Å²) in [7, 11) is 1.92. The van der Waals surface area contributed by atoms with Crippen molar-refractivity contribution in [2.24, 2.45) is 0 Å². The summed E-state index contributed by atoms with van der Waals surface area (Å²) in [6.07, 6.45) is 0. The molecule has 1 aromatic carbocycles. The van der Waals surface area contributed by atoms with Gasteiger partial charge in [0.1, 0.15) is 0 Å². The number of hydrogen-bond acceptors (Lipinski definition) is 4. The van der Waals surface area contributed by atoms with Gasteiger partial charge in [0.05, 0.1) is 17.7 Å². The van der Waals surface area contributed by atoms with Gasteiger partial charge in [-0.1, -0.05) is 12.1 Å². The summed E-state index contributed by atoms with van der Waals surface area (Å²) < 4.78 is 0. The molecule has 0 radical (unpaired) electrons. The number of nitrogens with zero attached hydrogens (tertiary/aromatic N) is 1. The zero-order valence-corrected chi connectivity index (χ0v) is 12.3. The molecule has 0 fully saturated rings. The van der Waals surface area contributed by atoms with Gasteiger partial charge in [0, 0.05) is 17.1 Å². The Balaban J connectivity index is 1.84. The Kier molecular flexibility index (Phi) is 5.09. The smallest absolute Gasteiger partial charge is 0.319 e. The van der Waals surface area contributed by atoms with Gasteiger partial charge < -0.3 is 16.0 Å². The molecule has 6 heteroatoms. The number of hydrogen-bond donors (Lipinski definition) is 3. The molecule has 2 aromatic rings. The lowest BCUT2D eigenvalue weighted by Gasteiger charge is -2.11. The van der Waals surface area contributed by atoms with Crippen LogP contribution in [0, 0.1) is 0 Å². The number of anilines is 1. The van der Waals surface area contributed by atoms with E-state index >= 15 is 0 Å². The van der Waals surface area contributed by atoms with Crippen LogP contribution in [0.4, 0.5) is 10.5 Å². The quantitative estimate of drug-likeness (QED) is 0.793. The lowest BCUT2D eigenvalue weighted by molar-refractivity contribution is 0.251. The molecule has 1 heterocycles. The third-order valence-corrected chi connectivity index (χ3v) is 3.65. The monoisotopic (exact) mass is 290 g/mol. The van der Waals surface area contributed by atoms with Crippen LogP contribution in [-0.2, 0) is 6.54 Å². The van der Waals surface area contributed by atoms with Crippen molar-refractivity contribution in [2.75, 3.05) is 12.4 Å². The van der Waals surface area contributed by atoms with Gasteiger partial charge in [-0.15, -0.1) is 11.3 Å². The Bertz CT molecular complexity index is 539. The minimum atomic E-state index is -0.229. The summed E-state index contributed by atoms with van der Waals surface area (Å²) in [6.45, 7) is 2.52. The van der Waals surface area contributed by atoms with Crippen LogP contribution in [0.15, 0.2) is 35.2 Å².